The van der Waals surface area contributed by atoms with Crippen molar-refractivity contribution in [2.24, 2.45) is 0 Å². The molecule has 1 N–H and O–H groups in total. The van der Waals surface area contributed by atoms with Gasteiger partial charge in [-0.1, -0.05) is 48.0 Å². The van der Waals surface area contributed by atoms with Crippen LogP contribution in [0.2, 0.25) is 5.02 Å². The maximum absolute atomic E-state index is 13.5. The summed E-state index contributed by atoms with van der Waals surface area (Å²) >= 11 is 5.95. The lowest BCUT2D eigenvalue weighted by Crippen LogP contribution is -2.50. The van der Waals surface area contributed by atoms with Crippen molar-refractivity contribution in [2.45, 2.75) is 44.6 Å². The number of rotatable bonds is 8. The van der Waals surface area contributed by atoms with Gasteiger partial charge in [-0.15, -0.1) is 0 Å². The molecule has 0 saturated carbocycles. The number of amides is 1. The number of nitrogens with zero attached hydrogens (tertiary/aromatic N) is 1. The number of nitrogens with one attached hydrogen (secondary N) is 1. The van der Waals surface area contributed by atoms with Crippen molar-refractivity contribution < 1.29 is 13.2 Å². The minimum absolute atomic E-state index is 0.0708. The fraction of sp³-hybridized carbons (Fsp3) is 0.269. The van der Waals surface area contributed by atoms with Crippen LogP contribution in [-0.4, -0.2) is 26.4 Å². The molecule has 0 aliphatic heterocycles. The molecule has 174 valence electrons. The Labute approximate surface area is 201 Å². The van der Waals surface area contributed by atoms with Crippen LogP contribution in [0.4, 0.5) is 5.69 Å². The third-order valence-corrected chi connectivity index (χ3v) is 7.47. The maximum Gasteiger partial charge on any atom is 0.264 e. The van der Waals surface area contributed by atoms with E-state index in [0.717, 1.165) is 21.0 Å². The quantitative estimate of drug-likeness (QED) is 0.472. The number of halogens is 1. The van der Waals surface area contributed by atoms with Crippen molar-refractivity contribution in [1.82, 2.24) is 5.32 Å². The van der Waals surface area contributed by atoms with Crippen LogP contribution in [0.3, 0.4) is 0 Å². The highest BCUT2D eigenvalue weighted by molar-refractivity contribution is 7.92. The Bertz CT molecular complexity index is 1220. The van der Waals surface area contributed by atoms with Crippen LogP contribution in [-0.2, 0) is 21.2 Å². The van der Waals surface area contributed by atoms with Gasteiger partial charge in [0.05, 0.1) is 10.6 Å². The summed E-state index contributed by atoms with van der Waals surface area (Å²) in [4.78, 5) is 13.1. The molecule has 0 aliphatic carbocycles. The van der Waals surface area contributed by atoms with Crippen molar-refractivity contribution in [3.8, 4) is 0 Å². The first-order valence-electron chi connectivity index (χ1n) is 10.7. The first-order chi connectivity index (χ1) is 15.5. The van der Waals surface area contributed by atoms with Crippen LogP contribution < -0.4 is 9.62 Å². The van der Waals surface area contributed by atoms with Crippen LogP contribution in [0, 0.1) is 13.8 Å². The predicted molar refractivity (Wildman–Crippen MR) is 134 cm³/mol. The van der Waals surface area contributed by atoms with Gasteiger partial charge in [0.2, 0.25) is 5.91 Å². The van der Waals surface area contributed by atoms with Gasteiger partial charge in [0.15, 0.2) is 0 Å². The smallest absolute Gasteiger partial charge is 0.264 e. The van der Waals surface area contributed by atoms with E-state index in [9.17, 15) is 13.2 Å². The largest absolute Gasteiger partial charge is 0.349 e. The van der Waals surface area contributed by atoms with Crippen molar-refractivity contribution in [2.75, 3.05) is 10.8 Å². The molecule has 3 aromatic rings. The van der Waals surface area contributed by atoms with Gasteiger partial charge in [-0.2, -0.15) is 0 Å². The topological polar surface area (TPSA) is 66.5 Å². The summed E-state index contributed by atoms with van der Waals surface area (Å²) in [5, 5.41) is 3.43. The number of hydrogen-bond acceptors (Lipinski definition) is 3. The average Bonchev–Trinajstić information content (AvgIpc) is 2.74. The Balaban J connectivity index is 1.90. The Morgan fingerprint density at radius 2 is 1.58 bits per heavy atom. The molecule has 0 aliphatic rings. The second-order valence-electron chi connectivity index (χ2n) is 8.83. The van der Waals surface area contributed by atoms with Crippen LogP contribution in [0.5, 0.6) is 0 Å². The zero-order chi connectivity index (χ0) is 24.2. The third kappa shape index (κ3) is 6.36. The molecule has 0 aromatic heterocycles. The molecule has 0 atom stereocenters. The van der Waals surface area contributed by atoms with Gasteiger partial charge in [0.1, 0.15) is 6.54 Å². The number of benzene rings is 3. The molecule has 1 amide bonds. The minimum atomic E-state index is -4.00. The van der Waals surface area contributed by atoms with Gasteiger partial charge in [0, 0.05) is 10.6 Å². The summed E-state index contributed by atoms with van der Waals surface area (Å²) in [6, 6.07) is 21.1. The second-order valence-corrected chi connectivity index (χ2v) is 11.1. The SMILES string of the molecule is Cc1ccc(N(CC(=O)NC(C)(C)Cc2ccccc2)S(=O)(=O)c2ccc(Cl)cc2)cc1C. The predicted octanol–water partition coefficient (Wildman–Crippen LogP) is 5.29. The number of carbonyl (C=O) groups is 1. The molecule has 0 heterocycles. The molecule has 0 fully saturated rings. The standard InChI is InChI=1S/C26H29ClN2O3S/c1-19-10-13-23(16-20(19)2)29(33(31,32)24-14-11-22(27)12-15-24)18-25(30)28-26(3,4)17-21-8-6-5-7-9-21/h5-16H,17-18H2,1-4H3,(H,28,30). The fourth-order valence-electron chi connectivity index (χ4n) is 3.63. The van der Waals surface area contributed by atoms with Crippen molar-refractivity contribution in [3.63, 3.8) is 0 Å². The lowest BCUT2D eigenvalue weighted by atomic mass is 9.95. The van der Waals surface area contributed by atoms with Crippen molar-refractivity contribution in [3.05, 3.63) is 94.5 Å². The molecule has 0 saturated heterocycles. The van der Waals surface area contributed by atoms with E-state index >= 15 is 0 Å². The molecule has 3 rings (SSSR count). The molecular weight excluding hydrogens is 456 g/mol. The van der Waals surface area contributed by atoms with E-state index in [4.69, 9.17) is 11.6 Å². The van der Waals surface area contributed by atoms with Gasteiger partial charge in [-0.05, 0) is 87.2 Å². The van der Waals surface area contributed by atoms with E-state index < -0.39 is 15.6 Å². The molecule has 0 radical (unpaired) electrons. The zero-order valence-corrected chi connectivity index (χ0v) is 20.9. The first-order valence-corrected chi connectivity index (χ1v) is 12.5. The number of aryl methyl sites for hydroxylation is 2. The zero-order valence-electron chi connectivity index (χ0n) is 19.3. The van der Waals surface area contributed by atoms with Gasteiger partial charge in [-0.25, -0.2) is 8.42 Å². The lowest BCUT2D eigenvalue weighted by Gasteiger charge is -2.30. The average molecular weight is 485 g/mol. The summed E-state index contributed by atoms with van der Waals surface area (Å²) < 4.78 is 28.2. The van der Waals surface area contributed by atoms with Gasteiger partial charge in [-0.3, -0.25) is 9.10 Å². The van der Waals surface area contributed by atoms with Gasteiger partial charge < -0.3 is 5.32 Å². The third-order valence-electron chi connectivity index (χ3n) is 5.43. The second kappa shape index (κ2) is 9.98. The monoisotopic (exact) mass is 484 g/mol. The Morgan fingerprint density at radius 3 is 2.18 bits per heavy atom. The molecule has 3 aromatic carbocycles. The van der Waals surface area contributed by atoms with Crippen LogP contribution in [0.15, 0.2) is 77.7 Å². The molecule has 0 unspecified atom stereocenters. The molecular formula is C26H29ClN2O3S. The number of hydrogen-bond donors (Lipinski definition) is 1. The number of anilines is 1. The molecule has 33 heavy (non-hydrogen) atoms. The van der Waals surface area contributed by atoms with E-state index in [0.29, 0.717) is 17.1 Å². The highest BCUT2D eigenvalue weighted by atomic mass is 35.5. The lowest BCUT2D eigenvalue weighted by molar-refractivity contribution is -0.121. The minimum Gasteiger partial charge on any atom is -0.349 e. The summed E-state index contributed by atoms with van der Waals surface area (Å²) in [6.45, 7) is 7.37. The van der Waals surface area contributed by atoms with Crippen molar-refractivity contribution in [1.29, 1.82) is 0 Å². The molecule has 0 spiro atoms. The maximum atomic E-state index is 13.5. The normalized spacial score (nSPS) is 11.8. The van der Waals surface area contributed by atoms with E-state index in [-0.39, 0.29) is 17.3 Å². The molecule has 0 bridgehead atoms. The van der Waals surface area contributed by atoms with Crippen LogP contribution >= 0.6 is 11.6 Å². The van der Waals surface area contributed by atoms with E-state index in [1.54, 1.807) is 12.1 Å². The molecule has 5 nitrogen and oxygen atoms in total. The van der Waals surface area contributed by atoms with Gasteiger partial charge >= 0.3 is 0 Å². The Hall–Kier alpha value is -2.83. The first kappa shape index (κ1) is 24.8. The van der Waals surface area contributed by atoms with Crippen LogP contribution in [0.1, 0.15) is 30.5 Å². The number of carbonyl (C=O) groups excluding carboxylic acids is 1. The van der Waals surface area contributed by atoms with E-state index in [2.05, 4.69) is 5.32 Å². The molecule has 7 heteroatoms. The summed E-state index contributed by atoms with van der Waals surface area (Å²) in [5.41, 5.74) is 2.94. The van der Waals surface area contributed by atoms with Crippen molar-refractivity contribution >= 4 is 33.2 Å². The fourth-order valence-corrected chi connectivity index (χ4v) is 5.17. The highest BCUT2D eigenvalue weighted by Gasteiger charge is 2.29. The summed E-state index contributed by atoms with van der Waals surface area (Å²) in [7, 11) is -4.00. The van der Waals surface area contributed by atoms with E-state index in [1.165, 1.54) is 24.3 Å². The number of sulfonamides is 1. The van der Waals surface area contributed by atoms with Crippen LogP contribution in [0.25, 0.3) is 0 Å². The summed E-state index contributed by atoms with van der Waals surface area (Å²) in [6.07, 6.45) is 0.618. The van der Waals surface area contributed by atoms with E-state index in [1.807, 2.05) is 64.1 Å². The van der Waals surface area contributed by atoms with Gasteiger partial charge in [0.25, 0.3) is 10.0 Å². The Morgan fingerprint density at radius 1 is 0.939 bits per heavy atom. The summed E-state index contributed by atoms with van der Waals surface area (Å²) in [5.74, 6) is -0.383. The highest BCUT2D eigenvalue weighted by Crippen LogP contribution is 2.26. The Kier molecular flexibility index (Phi) is 7.50.